The van der Waals surface area contributed by atoms with Gasteiger partial charge in [0, 0.05) is 58.1 Å². The third kappa shape index (κ3) is 6.85. The van der Waals surface area contributed by atoms with Crippen molar-refractivity contribution < 1.29 is 4.74 Å². The molecule has 2 N–H and O–H groups in total. The van der Waals surface area contributed by atoms with Crippen molar-refractivity contribution in [3.63, 3.8) is 0 Å². The topological polar surface area (TPSA) is 65.0 Å². The van der Waals surface area contributed by atoms with Crippen LogP contribution in [0.3, 0.4) is 0 Å². The molecule has 0 bridgehead atoms. The number of likely N-dealkylation sites (N-methyl/N-ethyl adjacent to an activating group) is 1. The van der Waals surface area contributed by atoms with E-state index in [0.29, 0.717) is 13.1 Å². The molecule has 0 saturated carbocycles. The first kappa shape index (κ1) is 23.9. The highest BCUT2D eigenvalue weighted by Gasteiger charge is 2.17. The fraction of sp³-hybridized carbons (Fsp3) is 0.520. The molecular formula is C25H38N6O. The van der Waals surface area contributed by atoms with E-state index < -0.39 is 0 Å². The van der Waals surface area contributed by atoms with E-state index in [-0.39, 0.29) is 0 Å². The number of pyridine rings is 1. The van der Waals surface area contributed by atoms with Gasteiger partial charge in [0.05, 0.1) is 6.61 Å². The minimum Gasteiger partial charge on any atom is -0.493 e. The summed E-state index contributed by atoms with van der Waals surface area (Å²) in [4.78, 5) is 13.8. The highest BCUT2D eigenvalue weighted by atomic mass is 16.5. The molecule has 2 heterocycles. The number of aryl methyl sites for hydroxylation is 1. The van der Waals surface area contributed by atoms with Crippen LogP contribution < -0.4 is 20.3 Å². The number of aliphatic imine (C=N–C) groups is 1. The number of hydrogen-bond donors (Lipinski definition) is 2. The molecule has 2 aromatic rings. The standard InChI is InChI=1S/C25H38N6O/c1-5-15-32-23-16-20(3)7-8-22(23)19-29-25(26-4)28-18-21-9-10-27-24(17-21)31-13-11-30(6-2)12-14-31/h7-10,16-17H,5-6,11-15,18-19H2,1-4H3,(H2,26,28,29). The molecule has 1 saturated heterocycles. The molecule has 3 rings (SSSR count). The van der Waals surface area contributed by atoms with E-state index in [0.717, 1.165) is 68.8 Å². The Bertz CT molecular complexity index is 876. The number of aromatic nitrogens is 1. The number of rotatable bonds is 9. The van der Waals surface area contributed by atoms with E-state index in [9.17, 15) is 0 Å². The first-order valence-electron chi connectivity index (χ1n) is 11.7. The highest BCUT2D eigenvalue weighted by Crippen LogP contribution is 2.20. The van der Waals surface area contributed by atoms with Gasteiger partial charge in [0.2, 0.25) is 0 Å². The van der Waals surface area contributed by atoms with Gasteiger partial charge in [0.15, 0.2) is 5.96 Å². The van der Waals surface area contributed by atoms with Crippen LogP contribution in [0.15, 0.2) is 41.5 Å². The lowest BCUT2D eigenvalue weighted by molar-refractivity contribution is 0.270. The zero-order chi connectivity index (χ0) is 22.8. The van der Waals surface area contributed by atoms with Gasteiger partial charge in [0.1, 0.15) is 11.6 Å². The summed E-state index contributed by atoms with van der Waals surface area (Å²) in [6, 6.07) is 10.6. The summed E-state index contributed by atoms with van der Waals surface area (Å²) in [5.74, 6) is 2.76. The summed E-state index contributed by atoms with van der Waals surface area (Å²) >= 11 is 0. The summed E-state index contributed by atoms with van der Waals surface area (Å²) < 4.78 is 5.93. The third-order valence-corrected chi connectivity index (χ3v) is 5.77. The van der Waals surface area contributed by atoms with Gasteiger partial charge in [0.25, 0.3) is 0 Å². The molecule has 0 radical (unpaired) electrons. The van der Waals surface area contributed by atoms with Crippen LogP contribution >= 0.6 is 0 Å². The van der Waals surface area contributed by atoms with Gasteiger partial charge in [-0.05, 0) is 49.2 Å². The van der Waals surface area contributed by atoms with Crippen molar-refractivity contribution in [1.29, 1.82) is 0 Å². The van der Waals surface area contributed by atoms with Crippen LogP contribution in [0, 0.1) is 6.92 Å². The Labute approximate surface area is 192 Å². The van der Waals surface area contributed by atoms with Crippen LogP contribution in [0.5, 0.6) is 5.75 Å². The van der Waals surface area contributed by atoms with Gasteiger partial charge in [-0.1, -0.05) is 26.0 Å². The minimum absolute atomic E-state index is 0.655. The van der Waals surface area contributed by atoms with Gasteiger partial charge in [-0.2, -0.15) is 0 Å². The zero-order valence-corrected chi connectivity index (χ0v) is 20.0. The van der Waals surface area contributed by atoms with Crippen LogP contribution in [0.1, 0.15) is 37.0 Å². The van der Waals surface area contributed by atoms with Crippen LogP contribution in [-0.2, 0) is 13.1 Å². The molecule has 1 aromatic carbocycles. The molecule has 32 heavy (non-hydrogen) atoms. The number of ether oxygens (including phenoxy) is 1. The number of hydrogen-bond acceptors (Lipinski definition) is 5. The summed E-state index contributed by atoms with van der Waals surface area (Å²) in [5, 5.41) is 6.83. The Morgan fingerprint density at radius 2 is 1.84 bits per heavy atom. The average molecular weight is 439 g/mol. The fourth-order valence-corrected chi connectivity index (χ4v) is 3.78. The molecule has 1 aliphatic rings. The van der Waals surface area contributed by atoms with E-state index in [1.54, 1.807) is 7.05 Å². The fourth-order valence-electron chi connectivity index (χ4n) is 3.78. The second-order valence-corrected chi connectivity index (χ2v) is 8.18. The normalized spacial score (nSPS) is 15.0. The van der Waals surface area contributed by atoms with Crippen molar-refractivity contribution in [3.05, 3.63) is 53.2 Å². The van der Waals surface area contributed by atoms with Crippen molar-refractivity contribution in [2.24, 2.45) is 4.99 Å². The maximum Gasteiger partial charge on any atom is 0.191 e. The number of nitrogens with one attached hydrogen (secondary N) is 2. The lowest BCUT2D eigenvalue weighted by Crippen LogP contribution is -2.46. The summed E-state index contributed by atoms with van der Waals surface area (Å²) in [5.41, 5.74) is 3.52. The molecule has 174 valence electrons. The quantitative estimate of drug-likeness (QED) is 0.463. The minimum atomic E-state index is 0.655. The molecule has 1 aliphatic heterocycles. The third-order valence-electron chi connectivity index (χ3n) is 5.77. The molecule has 0 atom stereocenters. The second kappa shape index (κ2) is 12.3. The smallest absolute Gasteiger partial charge is 0.191 e. The van der Waals surface area contributed by atoms with Crippen molar-refractivity contribution in [2.45, 2.75) is 40.3 Å². The second-order valence-electron chi connectivity index (χ2n) is 8.18. The highest BCUT2D eigenvalue weighted by molar-refractivity contribution is 5.79. The number of guanidine groups is 1. The molecule has 0 spiro atoms. The number of piperazine rings is 1. The van der Waals surface area contributed by atoms with E-state index in [1.165, 1.54) is 11.1 Å². The first-order valence-corrected chi connectivity index (χ1v) is 11.7. The summed E-state index contributed by atoms with van der Waals surface area (Å²) in [6.07, 6.45) is 2.89. The van der Waals surface area contributed by atoms with Crippen molar-refractivity contribution in [3.8, 4) is 5.75 Å². The molecular weight excluding hydrogens is 400 g/mol. The predicted octanol–water partition coefficient (Wildman–Crippen LogP) is 3.19. The van der Waals surface area contributed by atoms with Gasteiger partial charge >= 0.3 is 0 Å². The molecule has 7 heteroatoms. The van der Waals surface area contributed by atoms with Crippen LogP contribution in [-0.4, -0.2) is 62.2 Å². The number of benzene rings is 1. The number of nitrogens with zero attached hydrogens (tertiary/aromatic N) is 4. The van der Waals surface area contributed by atoms with Crippen molar-refractivity contribution >= 4 is 11.8 Å². The maximum absolute atomic E-state index is 5.93. The van der Waals surface area contributed by atoms with Gasteiger partial charge < -0.3 is 25.2 Å². The summed E-state index contributed by atoms with van der Waals surface area (Å²) in [6.45, 7) is 13.9. The first-order chi connectivity index (χ1) is 15.6. The van der Waals surface area contributed by atoms with Gasteiger partial charge in [-0.15, -0.1) is 0 Å². The molecule has 1 aromatic heterocycles. The Morgan fingerprint density at radius 1 is 1.06 bits per heavy atom. The van der Waals surface area contributed by atoms with Crippen molar-refractivity contribution in [2.75, 3.05) is 51.3 Å². The monoisotopic (exact) mass is 438 g/mol. The maximum atomic E-state index is 5.93. The van der Waals surface area contributed by atoms with Crippen LogP contribution in [0.25, 0.3) is 0 Å². The molecule has 0 aliphatic carbocycles. The van der Waals surface area contributed by atoms with Gasteiger partial charge in [-0.25, -0.2) is 4.98 Å². The zero-order valence-electron chi connectivity index (χ0n) is 20.0. The van der Waals surface area contributed by atoms with Crippen LogP contribution in [0.2, 0.25) is 0 Å². The average Bonchev–Trinajstić information content (AvgIpc) is 2.84. The number of anilines is 1. The summed E-state index contributed by atoms with van der Waals surface area (Å²) in [7, 11) is 1.80. The Kier molecular flexibility index (Phi) is 9.16. The van der Waals surface area contributed by atoms with E-state index in [2.05, 4.69) is 81.5 Å². The SMILES string of the molecule is CCCOc1cc(C)ccc1CNC(=NC)NCc1ccnc(N2CCN(CC)CC2)c1. The van der Waals surface area contributed by atoms with Crippen LogP contribution in [0.4, 0.5) is 5.82 Å². The van der Waals surface area contributed by atoms with E-state index >= 15 is 0 Å². The molecule has 0 unspecified atom stereocenters. The van der Waals surface area contributed by atoms with Gasteiger partial charge in [-0.3, -0.25) is 4.99 Å². The molecule has 7 nitrogen and oxygen atoms in total. The largest absolute Gasteiger partial charge is 0.493 e. The Hall–Kier alpha value is -2.80. The lowest BCUT2D eigenvalue weighted by atomic mass is 10.1. The Morgan fingerprint density at radius 3 is 2.56 bits per heavy atom. The Balaban J connectivity index is 1.54. The van der Waals surface area contributed by atoms with E-state index in [4.69, 9.17) is 4.74 Å². The predicted molar refractivity (Wildman–Crippen MR) is 133 cm³/mol. The lowest BCUT2D eigenvalue weighted by Gasteiger charge is -2.34. The molecule has 0 amide bonds. The molecule has 1 fully saturated rings. The van der Waals surface area contributed by atoms with Crippen molar-refractivity contribution in [1.82, 2.24) is 20.5 Å². The van der Waals surface area contributed by atoms with E-state index in [1.807, 2.05) is 6.20 Å².